The lowest BCUT2D eigenvalue weighted by Crippen LogP contribution is -2.31. The topological polar surface area (TPSA) is 49.2 Å². The number of fused-ring (bicyclic) bond motifs is 1. The van der Waals surface area contributed by atoms with Gasteiger partial charge in [-0.05, 0) is 44.1 Å². The molecule has 4 nitrogen and oxygen atoms in total. The van der Waals surface area contributed by atoms with E-state index in [1.165, 1.54) is 38.5 Å². The van der Waals surface area contributed by atoms with Crippen LogP contribution in [0.5, 0.6) is 0 Å². The minimum Gasteiger partial charge on any atom is -0.385 e. The fourth-order valence-electron chi connectivity index (χ4n) is 2.96. The van der Waals surface area contributed by atoms with Crippen LogP contribution in [0.4, 0.5) is 0 Å². The second kappa shape index (κ2) is 10.7. The van der Waals surface area contributed by atoms with E-state index >= 15 is 0 Å². The summed E-state index contributed by atoms with van der Waals surface area (Å²) in [5, 5.41) is 11.3. The number of halogens is 1. The monoisotopic (exact) mass is 363 g/mol. The van der Waals surface area contributed by atoms with Crippen molar-refractivity contribution in [3.8, 4) is 0 Å². The Bertz CT molecular complexity index is 640. The molecule has 0 saturated heterocycles. The Labute approximate surface area is 156 Å². The molecule has 1 atom stereocenters. The zero-order valence-electron chi connectivity index (χ0n) is 15.4. The largest absolute Gasteiger partial charge is 0.385 e. The average molecular weight is 364 g/mol. The molecule has 0 radical (unpaired) electrons. The van der Waals surface area contributed by atoms with Gasteiger partial charge in [-0.2, -0.15) is 0 Å². The first-order valence-electron chi connectivity index (χ1n) is 9.46. The minimum atomic E-state index is -0.615. The van der Waals surface area contributed by atoms with Gasteiger partial charge < -0.3 is 10.0 Å². The number of hydrogen-bond acceptors (Lipinski definition) is 4. The number of rotatable bonds is 11. The van der Waals surface area contributed by atoms with Crippen LogP contribution in [0, 0.1) is 0 Å². The maximum atomic E-state index is 10.6. The van der Waals surface area contributed by atoms with Gasteiger partial charge in [-0.25, -0.2) is 4.98 Å². The van der Waals surface area contributed by atoms with Gasteiger partial charge in [0.05, 0.1) is 22.9 Å². The van der Waals surface area contributed by atoms with Gasteiger partial charge in [0, 0.05) is 11.6 Å². The highest BCUT2D eigenvalue weighted by Gasteiger charge is 2.15. The molecule has 0 amide bonds. The SMILES string of the molecule is CCCCCN(CCCCC)C[C@@H](O)c1cnc2cc(Cl)ccc2n1. The predicted molar refractivity (Wildman–Crippen MR) is 105 cm³/mol. The van der Waals surface area contributed by atoms with Crippen molar-refractivity contribution >= 4 is 22.6 Å². The molecule has 0 aliphatic heterocycles. The third-order valence-electron chi connectivity index (χ3n) is 4.45. The van der Waals surface area contributed by atoms with E-state index in [4.69, 9.17) is 11.6 Å². The predicted octanol–water partition coefficient (Wildman–Crippen LogP) is 5.00. The van der Waals surface area contributed by atoms with Crippen molar-refractivity contribution in [3.05, 3.63) is 35.1 Å². The molecule has 2 aromatic rings. The molecule has 2 rings (SSSR count). The molecule has 0 saturated carbocycles. The smallest absolute Gasteiger partial charge is 0.110 e. The molecule has 138 valence electrons. The van der Waals surface area contributed by atoms with E-state index in [1.807, 2.05) is 6.07 Å². The van der Waals surface area contributed by atoms with Crippen molar-refractivity contribution in [2.45, 2.75) is 58.5 Å². The van der Waals surface area contributed by atoms with Crippen molar-refractivity contribution in [2.24, 2.45) is 0 Å². The maximum Gasteiger partial charge on any atom is 0.110 e. The highest BCUT2D eigenvalue weighted by molar-refractivity contribution is 6.31. The van der Waals surface area contributed by atoms with E-state index in [-0.39, 0.29) is 0 Å². The molecule has 0 fully saturated rings. The average Bonchev–Trinajstić information content (AvgIpc) is 2.61. The van der Waals surface area contributed by atoms with Crippen LogP contribution in [0.25, 0.3) is 11.0 Å². The Morgan fingerprint density at radius 2 is 1.72 bits per heavy atom. The molecule has 0 spiro atoms. The number of unbranched alkanes of at least 4 members (excludes halogenated alkanes) is 4. The van der Waals surface area contributed by atoms with Crippen molar-refractivity contribution < 1.29 is 5.11 Å². The van der Waals surface area contributed by atoms with Gasteiger partial charge in [0.1, 0.15) is 6.10 Å². The number of nitrogens with zero attached hydrogens (tertiary/aromatic N) is 3. The molecular weight excluding hydrogens is 334 g/mol. The van der Waals surface area contributed by atoms with Crippen molar-refractivity contribution in [1.82, 2.24) is 14.9 Å². The first-order valence-corrected chi connectivity index (χ1v) is 9.84. The lowest BCUT2D eigenvalue weighted by Gasteiger charge is -2.25. The summed E-state index contributed by atoms with van der Waals surface area (Å²) in [7, 11) is 0. The van der Waals surface area contributed by atoms with E-state index in [0.717, 1.165) is 24.1 Å². The molecule has 25 heavy (non-hydrogen) atoms. The zero-order chi connectivity index (χ0) is 18.1. The second-order valence-corrected chi connectivity index (χ2v) is 7.09. The third-order valence-corrected chi connectivity index (χ3v) is 4.69. The van der Waals surface area contributed by atoms with Gasteiger partial charge in [0.25, 0.3) is 0 Å². The molecule has 1 aromatic heterocycles. The van der Waals surface area contributed by atoms with Gasteiger partial charge >= 0.3 is 0 Å². The molecule has 1 N–H and O–H groups in total. The summed E-state index contributed by atoms with van der Waals surface area (Å²) in [5.74, 6) is 0. The Kier molecular flexibility index (Phi) is 8.59. The molecule has 1 aromatic carbocycles. The van der Waals surface area contributed by atoms with Crippen LogP contribution in [-0.4, -0.2) is 39.6 Å². The Balaban J connectivity index is 2.02. The van der Waals surface area contributed by atoms with E-state index in [2.05, 4.69) is 28.7 Å². The summed E-state index contributed by atoms with van der Waals surface area (Å²) in [4.78, 5) is 11.3. The fraction of sp³-hybridized carbons (Fsp3) is 0.600. The highest BCUT2D eigenvalue weighted by Crippen LogP contribution is 2.19. The summed E-state index contributed by atoms with van der Waals surface area (Å²) >= 11 is 5.99. The standard InChI is InChI=1S/C20H30ClN3O/c1-3-5-7-11-24(12-8-6-4-2)15-20(25)19-14-22-18-13-16(21)9-10-17(18)23-19/h9-10,13-14,20,25H,3-8,11-12,15H2,1-2H3/t20-/m1/s1. The minimum absolute atomic E-state index is 0.612. The molecule has 0 aliphatic carbocycles. The van der Waals surface area contributed by atoms with Crippen LogP contribution in [0.15, 0.2) is 24.4 Å². The van der Waals surface area contributed by atoms with Gasteiger partial charge in [0.2, 0.25) is 0 Å². The normalized spacial score (nSPS) is 12.8. The quantitative estimate of drug-likeness (QED) is 0.571. The number of benzene rings is 1. The van der Waals surface area contributed by atoms with Crippen molar-refractivity contribution in [1.29, 1.82) is 0 Å². The van der Waals surface area contributed by atoms with Gasteiger partial charge in [0.15, 0.2) is 0 Å². The molecule has 5 heteroatoms. The molecular formula is C20H30ClN3O. The maximum absolute atomic E-state index is 10.6. The summed E-state index contributed by atoms with van der Waals surface area (Å²) in [6.45, 7) is 7.11. The lowest BCUT2D eigenvalue weighted by atomic mass is 10.1. The summed E-state index contributed by atoms with van der Waals surface area (Å²) in [5.41, 5.74) is 2.15. The molecule has 0 bridgehead atoms. The Morgan fingerprint density at radius 3 is 2.36 bits per heavy atom. The van der Waals surface area contributed by atoms with E-state index in [9.17, 15) is 5.11 Å². The van der Waals surface area contributed by atoms with E-state index in [0.29, 0.717) is 17.3 Å². The summed E-state index contributed by atoms with van der Waals surface area (Å²) in [6.07, 6.45) is 8.30. The van der Waals surface area contributed by atoms with E-state index < -0.39 is 6.10 Å². The molecule has 1 heterocycles. The number of hydrogen-bond donors (Lipinski definition) is 1. The van der Waals surface area contributed by atoms with Crippen LogP contribution in [0.2, 0.25) is 5.02 Å². The van der Waals surface area contributed by atoms with Crippen LogP contribution in [-0.2, 0) is 0 Å². The van der Waals surface area contributed by atoms with Crippen molar-refractivity contribution in [3.63, 3.8) is 0 Å². The van der Waals surface area contributed by atoms with Gasteiger partial charge in [-0.15, -0.1) is 0 Å². The number of aliphatic hydroxyl groups excluding tert-OH is 1. The van der Waals surface area contributed by atoms with Gasteiger partial charge in [-0.1, -0.05) is 51.1 Å². The summed E-state index contributed by atoms with van der Waals surface area (Å²) in [6, 6.07) is 5.44. The lowest BCUT2D eigenvalue weighted by molar-refractivity contribution is 0.107. The van der Waals surface area contributed by atoms with E-state index in [1.54, 1.807) is 18.3 Å². The number of aromatic nitrogens is 2. The van der Waals surface area contributed by atoms with Crippen molar-refractivity contribution in [2.75, 3.05) is 19.6 Å². The summed E-state index contributed by atoms with van der Waals surface area (Å²) < 4.78 is 0. The Morgan fingerprint density at radius 1 is 1.04 bits per heavy atom. The fourth-order valence-corrected chi connectivity index (χ4v) is 3.13. The molecule has 0 unspecified atom stereocenters. The number of aliphatic hydroxyl groups is 1. The highest BCUT2D eigenvalue weighted by atomic mass is 35.5. The second-order valence-electron chi connectivity index (χ2n) is 6.66. The van der Waals surface area contributed by atoms with Crippen LogP contribution < -0.4 is 0 Å². The first-order chi connectivity index (χ1) is 12.1. The van der Waals surface area contributed by atoms with Crippen LogP contribution >= 0.6 is 11.6 Å². The Hall–Kier alpha value is -1.23. The first kappa shape index (κ1) is 20.1. The molecule has 0 aliphatic rings. The van der Waals surface area contributed by atoms with Crippen LogP contribution in [0.3, 0.4) is 0 Å². The van der Waals surface area contributed by atoms with Crippen LogP contribution in [0.1, 0.15) is 64.2 Å². The third kappa shape index (κ3) is 6.53. The van der Waals surface area contributed by atoms with Gasteiger partial charge in [-0.3, -0.25) is 4.98 Å². The zero-order valence-corrected chi connectivity index (χ0v) is 16.2.